The number of benzene rings is 3. The van der Waals surface area contributed by atoms with E-state index in [1.54, 1.807) is 53.4 Å². The normalized spacial score (nSPS) is 18.2. The molecule has 1 saturated heterocycles. The molecule has 1 aromatic heterocycles. The lowest BCUT2D eigenvalue weighted by Gasteiger charge is -2.33. The van der Waals surface area contributed by atoms with Gasteiger partial charge in [-0.2, -0.15) is 4.68 Å². The topological polar surface area (TPSA) is 233 Å². The van der Waals surface area contributed by atoms with Crippen molar-refractivity contribution in [2.45, 2.75) is 43.5 Å². The van der Waals surface area contributed by atoms with E-state index in [0.717, 1.165) is 5.56 Å². The number of fused-ring (bicyclic) bond motifs is 1. The number of likely N-dealkylation sites (tertiary alicyclic amines) is 1. The molecular weight excluding hydrogens is 684 g/mol. The van der Waals surface area contributed by atoms with Crippen LogP contribution in [0.2, 0.25) is 5.02 Å². The van der Waals surface area contributed by atoms with Crippen molar-refractivity contribution in [3.05, 3.63) is 89.2 Å². The highest BCUT2D eigenvalue weighted by Gasteiger charge is 2.55. The Labute approximate surface area is 295 Å². The molecule has 6 rings (SSSR count). The van der Waals surface area contributed by atoms with Gasteiger partial charge in [-0.15, -0.1) is 5.10 Å². The van der Waals surface area contributed by atoms with Crippen LogP contribution in [0.5, 0.6) is 0 Å². The zero-order chi connectivity index (χ0) is 36.1. The van der Waals surface area contributed by atoms with E-state index in [0.29, 0.717) is 42.9 Å². The minimum atomic E-state index is -2.34. The number of carbonyl (C=O) groups excluding carboxylic acids is 4. The second-order valence-corrected chi connectivity index (χ2v) is 12.4. The molecule has 4 aromatic rings. The maximum Gasteiger partial charge on any atom is 0.353 e. The van der Waals surface area contributed by atoms with Crippen LogP contribution in [-0.2, 0) is 25.6 Å². The summed E-state index contributed by atoms with van der Waals surface area (Å²) in [5.74, 6) is -4.60. The Morgan fingerprint density at radius 2 is 1.71 bits per heavy atom. The number of hydrogen-bond donors (Lipinski definition) is 7. The molecule has 264 valence electrons. The van der Waals surface area contributed by atoms with Crippen molar-refractivity contribution in [2.75, 3.05) is 29.0 Å². The predicted molar refractivity (Wildman–Crippen MR) is 183 cm³/mol. The number of urea groups is 1. The van der Waals surface area contributed by atoms with Gasteiger partial charge in [-0.05, 0) is 71.7 Å². The number of hydrogen-bond acceptors (Lipinski definition) is 10. The van der Waals surface area contributed by atoms with Crippen LogP contribution in [0.4, 0.5) is 21.9 Å². The molecule has 0 bridgehead atoms. The lowest BCUT2D eigenvalue weighted by atomic mass is 9.96. The Bertz CT molecular complexity index is 1950. The van der Waals surface area contributed by atoms with E-state index in [1.165, 1.54) is 29.2 Å². The first-order chi connectivity index (χ1) is 24.5. The predicted octanol–water partition coefficient (Wildman–Crippen LogP) is 2.06. The van der Waals surface area contributed by atoms with Gasteiger partial charge in [0.15, 0.2) is 0 Å². The van der Waals surface area contributed by atoms with E-state index >= 15 is 0 Å². The Kier molecular flexibility index (Phi) is 10.1. The molecule has 5 amide bonds. The minimum Gasteiger partial charge on any atom is -0.478 e. The molecule has 2 unspecified atom stereocenters. The smallest absolute Gasteiger partial charge is 0.353 e. The molecule has 17 nitrogen and oxygen atoms in total. The molecule has 0 aliphatic carbocycles. The molecule has 2 aliphatic heterocycles. The number of halogens is 1. The maximum atomic E-state index is 13.3. The van der Waals surface area contributed by atoms with Gasteiger partial charge in [0.05, 0.1) is 17.5 Å². The van der Waals surface area contributed by atoms with Crippen molar-refractivity contribution in [1.82, 2.24) is 35.7 Å². The van der Waals surface area contributed by atoms with Gasteiger partial charge in [0.2, 0.25) is 11.6 Å². The number of carbonyl (C=O) groups is 5. The summed E-state index contributed by atoms with van der Waals surface area (Å²) < 4.78 is 1.24. The summed E-state index contributed by atoms with van der Waals surface area (Å²) in [5, 5.41) is 44.4. The number of nitrogens with zero attached hydrogens (tertiary/aromatic N) is 5. The number of aliphatic carboxylic acids is 1. The number of rotatable bonds is 9. The van der Waals surface area contributed by atoms with Gasteiger partial charge in [0.25, 0.3) is 0 Å². The first-order valence-corrected chi connectivity index (χ1v) is 16.3. The van der Waals surface area contributed by atoms with Crippen LogP contribution in [0.15, 0.2) is 73.1 Å². The zero-order valence-electron chi connectivity index (χ0n) is 26.9. The van der Waals surface area contributed by atoms with Crippen molar-refractivity contribution in [3.63, 3.8) is 0 Å². The highest BCUT2D eigenvalue weighted by molar-refractivity contribution is 6.40. The molecule has 0 spiro atoms. The second kappa shape index (κ2) is 14.8. The Morgan fingerprint density at radius 3 is 2.41 bits per heavy atom. The van der Waals surface area contributed by atoms with Gasteiger partial charge < -0.3 is 41.7 Å². The molecule has 1 fully saturated rings. The number of carboxylic acids is 1. The fourth-order valence-corrected chi connectivity index (χ4v) is 6.08. The number of carboxylic acid groups (broad SMARTS) is 1. The van der Waals surface area contributed by atoms with E-state index < -0.39 is 41.5 Å². The quantitative estimate of drug-likeness (QED) is 0.124. The van der Waals surface area contributed by atoms with Crippen LogP contribution in [0.1, 0.15) is 36.4 Å². The number of tetrazole rings is 1. The lowest BCUT2D eigenvalue weighted by molar-refractivity contribution is -0.149. The fourth-order valence-electron chi connectivity index (χ4n) is 5.91. The van der Waals surface area contributed by atoms with Gasteiger partial charge in [0.1, 0.15) is 12.4 Å². The van der Waals surface area contributed by atoms with E-state index in [2.05, 4.69) is 42.1 Å². The zero-order valence-corrected chi connectivity index (χ0v) is 27.6. The molecule has 18 heteroatoms. The van der Waals surface area contributed by atoms with Crippen molar-refractivity contribution in [1.29, 1.82) is 0 Å². The third-order valence-corrected chi connectivity index (χ3v) is 8.83. The van der Waals surface area contributed by atoms with Crippen LogP contribution in [0, 0.1) is 0 Å². The number of aromatic nitrogens is 4. The summed E-state index contributed by atoms with van der Waals surface area (Å²) in [6, 6.07) is 16.3. The van der Waals surface area contributed by atoms with Crippen LogP contribution in [0.25, 0.3) is 5.69 Å². The highest BCUT2D eigenvalue weighted by atomic mass is 35.5. The minimum absolute atomic E-state index is 0.0424. The summed E-state index contributed by atoms with van der Waals surface area (Å²) in [4.78, 5) is 66.9. The number of para-hydroxylation sites is 1. The molecular formula is C33H33ClN10O7. The lowest BCUT2D eigenvalue weighted by Crippen LogP contribution is -2.65. The summed E-state index contributed by atoms with van der Waals surface area (Å²) in [7, 11) is 0. The van der Waals surface area contributed by atoms with Crippen LogP contribution in [-0.4, -0.2) is 89.9 Å². The average Bonchev–Trinajstić information content (AvgIpc) is 3.76. The largest absolute Gasteiger partial charge is 0.478 e. The SMILES string of the molecule is O=C(CCc1ccc(NC(=O)N2CCC(O)CC2)cc1)NC1c2ccccc2NC1(NC(=O)C(=O)Nc1cc(Cl)ccc1-n1cnnn1)C(=O)O. The Morgan fingerprint density at radius 1 is 0.961 bits per heavy atom. The molecule has 3 heterocycles. The number of anilines is 3. The molecule has 2 atom stereocenters. The number of aliphatic hydroxyl groups excluding tert-OH is 1. The molecule has 0 saturated carbocycles. The average molecular weight is 717 g/mol. The van der Waals surface area contributed by atoms with Gasteiger partial charge in [-0.25, -0.2) is 9.59 Å². The van der Waals surface area contributed by atoms with Crippen LogP contribution < -0.4 is 26.6 Å². The van der Waals surface area contributed by atoms with E-state index in [4.69, 9.17) is 11.6 Å². The van der Waals surface area contributed by atoms with Crippen LogP contribution in [0.3, 0.4) is 0 Å². The van der Waals surface area contributed by atoms with Crippen molar-refractivity contribution < 1.29 is 34.2 Å². The second-order valence-electron chi connectivity index (χ2n) is 12.0. The Balaban J connectivity index is 1.12. The Hall–Kier alpha value is -6.07. The first-order valence-electron chi connectivity index (χ1n) is 15.9. The number of nitrogens with one attached hydrogen (secondary N) is 5. The first kappa shape index (κ1) is 34.8. The molecule has 0 radical (unpaired) electrons. The molecule has 51 heavy (non-hydrogen) atoms. The van der Waals surface area contributed by atoms with Gasteiger partial charge >= 0.3 is 23.8 Å². The van der Waals surface area contributed by atoms with E-state index in [1.807, 2.05) is 0 Å². The standard InChI is InChI=1S/C33H33ClN10O7/c34-20-8-11-26(44-18-35-41-42-44)25(17-20)37-29(47)30(48)40-33(31(49)50)28(23-3-1-2-4-24(23)39-33)38-27(46)12-7-19-5-9-21(10-6-19)36-32(51)43-15-13-22(45)14-16-43/h1-6,8-11,17-18,22,28,39,45H,7,12-16H2,(H,36,51)(H,37,47)(H,38,46)(H,40,48)(H,49,50). The number of amides is 5. The fraction of sp³-hybridized carbons (Fsp3) is 0.273. The summed E-state index contributed by atoms with van der Waals surface area (Å²) >= 11 is 6.12. The van der Waals surface area contributed by atoms with Gasteiger partial charge in [-0.1, -0.05) is 41.9 Å². The third kappa shape index (κ3) is 7.73. The highest BCUT2D eigenvalue weighted by Crippen LogP contribution is 2.40. The van der Waals surface area contributed by atoms with E-state index in [9.17, 15) is 34.2 Å². The molecule has 7 N–H and O–H groups in total. The van der Waals surface area contributed by atoms with Crippen molar-refractivity contribution >= 4 is 58.4 Å². The monoisotopic (exact) mass is 716 g/mol. The molecule has 2 aliphatic rings. The third-order valence-electron chi connectivity index (χ3n) is 8.60. The number of aliphatic hydroxyl groups is 1. The number of piperidine rings is 1. The van der Waals surface area contributed by atoms with Gasteiger partial charge in [-0.3, -0.25) is 14.4 Å². The summed E-state index contributed by atoms with van der Waals surface area (Å²) in [6.07, 6.45) is 2.17. The molecule has 3 aromatic carbocycles. The van der Waals surface area contributed by atoms with Crippen molar-refractivity contribution in [3.8, 4) is 5.69 Å². The summed E-state index contributed by atoms with van der Waals surface area (Å²) in [5.41, 5.74) is 0.0887. The van der Waals surface area contributed by atoms with Gasteiger partial charge in [0, 0.05) is 41.5 Å². The maximum absolute atomic E-state index is 13.3. The van der Waals surface area contributed by atoms with Crippen LogP contribution >= 0.6 is 11.6 Å². The van der Waals surface area contributed by atoms with Crippen molar-refractivity contribution in [2.24, 2.45) is 0 Å². The summed E-state index contributed by atoms with van der Waals surface area (Å²) in [6.45, 7) is 0.933. The number of aryl methyl sites for hydroxylation is 1. The van der Waals surface area contributed by atoms with E-state index in [-0.39, 0.29) is 35.3 Å².